The van der Waals surface area contributed by atoms with Crippen molar-refractivity contribution in [2.24, 2.45) is 5.41 Å². The number of hydrogen-bond acceptors (Lipinski definition) is 3. The third kappa shape index (κ3) is 3.56. The molecule has 2 heterocycles. The molecule has 2 unspecified atom stereocenters. The molecule has 3 heteroatoms. The van der Waals surface area contributed by atoms with Gasteiger partial charge in [-0.3, -0.25) is 4.90 Å². The van der Waals surface area contributed by atoms with Gasteiger partial charge < -0.3 is 10.1 Å². The summed E-state index contributed by atoms with van der Waals surface area (Å²) in [5, 5.41) is 3.56. The lowest BCUT2D eigenvalue weighted by Gasteiger charge is -2.33. The van der Waals surface area contributed by atoms with Gasteiger partial charge in [-0.2, -0.15) is 0 Å². The molecule has 1 fully saturated rings. The van der Waals surface area contributed by atoms with E-state index >= 15 is 0 Å². The van der Waals surface area contributed by atoms with E-state index in [2.05, 4.69) is 37.1 Å². The van der Waals surface area contributed by atoms with Crippen molar-refractivity contribution in [3.8, 4) is 0 Å². The lowest BCUT2D eigenvalue weighted by Crippen LogP contribution is -2.40. The lowest BCUT2D eigenvalue weighted by atomic mass is 9.83. The first-order valence-corrected chi connectivity index (χ1v) is 7.17. The maximum atomic E-state index is 5.40. The normalized spacial score (nSPS) is 30.6. The second kappa shape index (κ2) is 5.72. The third-order valence-corrected chi connectivity index (χ3v) is 4.25. The molecule has 0 bridgehead atoms. The molecule has 0 aromatic heterocycles. The smallest absolute Gasteiger partial charge is 0.0711 e. The van der Waals surface area contributed by atoms with Crippen LogP contribution >= 0.6 is 0 Å². The van der Waals surface area contributed by atoms with Gasteiger partial charge in [-0.25, -0.2) is 0 Å². The fourth-order valence-corrected chi connectivity index (χ4v) is 2.97. The van der Waals surface area contributed by atoms with Gasteiger partial charge in [0.05, 0.1) is 6.10 Å². The summed E-state index contributed by atoms with van der Waals surface area (Å²) in [7, 11) is 1.81. The van der Waals surface area contributed by atoms with Crippen LogP contribution in [0, 0.1) is 5.41 Å². The summed E-state index contributed by atoms with van der Waals surface area (Å²) in [5.74, 6) is 0. The van der Waals surface area contributed by atoms with Crippen molar-refractivity contribution in [2.75, 3.05) is 33.3 Å². The number of methoxy groups -OCH3 is 1. The van der Waals surface area contributed by atoms with Gasteiger partial charge in [-0.05, 0) is 18.3 Å². The van der Waals surface area contributed by atoms with Crippen molar-refractivity contribution in [3.63, 3.8) is 0 Å². The number of nitrogens with zero attached hydrogens (tertiary/aromatic N) is 1. The van der Waals surface area contributed by atoms with E-state index in [9.17, 15) is 0 Å². The van der Waals surface area contributed by atoms with Crippen LogP contribution in [0.3, 0.4) is 0 Å². The second-order valence-corrected chi connectivity index (χ2v) is 6.69. The molecule has 0 saturated carbocycles. The molecule has 2 atom stereocenters. The van der Waals surface area contributed by atoms with E-state index in [0.717, 1.165) is 26.1 Å². The second-order valence-electron chi connectivity index (χ2n) is 6.69. The van der Waals surface area contributed by atoms with Gasteiger partial charge in [0.1, 0.15) is 0 Å². The molecule has 104 valence electrons. The Morgan fingerprint density at radius 3 is 2.72 bits per heavy atom. The molecule has 18 heavy (non-hydrogen) atoms. The maximum Gasteiger partial charge on any atom is 0.0711 e. The van der Waals surface area contributed by atoms with E-state index in [4.69, 9.17) is 4.74 Å². The summed E-state index contributed by atoms with van der Waals surface area (Å²) in [6, 6.07) is 0.611. The molecule has 0 radical (unpaired) electrons. The summed E-state index contributed by atoms with van der Waals surface area (Å²) in [6.07, 6.45) is 5.24. The van der Waals surface area contributed by atoms with E-state index < -0.39 is 0 Å². The molecule has 1 N–H and O–H groups in total. The first-order valence-electron chi connectivity index (χ1n) is 7.17. The van der Waals surface area contributed by atoms with Gasteiger partial charge in [0.25, 0.3) is 0 Å². The first-order chi connectivity index (χ1) is 8.49. The highest BCUT2D eigenvalue weighted by molar-refractivity contribution is 5.14. The van der Waals surface area contributed by atoms with Crippen LogP contribution in [-0.2, 0) is 4.74 Å². The highest BCUT2D eigenvalue weighted by Crippen LogP contribution is 2.30. The highest BCUT2D eigenvalue weighted by atomic mass is 16.5. The van der Waals surface area contributed by atoms with Gasteiger partial charge in [0.15, 0.2) is 0 Å². The highest BCUT2D eigenvalue weighted by Gasteiger charge is 2.27. The summed E-state index contributed by atoms with van der Waals surface area (Å²) < 4.78 is 5.40. The summed E-state index contributed by atoms with van der Waals surface area (Å²) in [5.41, 5.74) is 1.96. The Morgan fingerprint density at radius 2 is 2.22 bits per heavy atom. The lowest BCUT2D eigenvalue weighted by molar-refractivity contribution is 0.115. The van der Waals surface area contributed by atoms with E-state index in [1.807, 2.05) is 7.11 Å². The zero-order valence-corrected chi connectivity index (χ0v) is 12.3. The van der Waals surface area contributed by atoms with Gasteiger partial charge in [0.2, 0.25) is 0 Å². The third-order valence-electron chi connectivity index (χ3n) is 4.25. The Morgan fingerprint density at radius 1 is 1.44 bits per heavy atom. The Hall–Kier alpha value is -0.380. The largest absolute Gasteiger partial charge is 0.380 e. The molecule has 0 amide bonds. The molecular formula is C15H28N2O. The van der Waals surface area contributed by atoms with E-state index in [1.165, 1.54) is 13.0 Å². The van der Waals surface area contributed by atoms with Crippen LogP contribution < -0.4 is 5.32 Å². The molecule has 1 saturated heterocycles. The van der Waals surface area contributed by atoms with Gasteiger partial charge in [-0.15, -0.1) is 0 Å². The van der Waals surface area contributed by atoms with Crippen LogP contribution in [0.2, 0.25) is 0 Å². The van der Waals surface area contributed by atoms with E-state index in [-0.39, 0.29) is 0 Å². The van der Waals surface area contributed by atoms with Crippen LogP contribution in [0.15, 0.2) is 11.6 Å². The molecule has 0 aromatic carbocycles. The van der Waals surface area contributed by atoms with Gasteiger partial charge >= 0.3 is 0 Å². The minimum atomic E-state index is 0.346. The minimum absolute atomic E-state index is 0.346. The van der Waals surface area contributed by atoms with E-state index in [1.54, 1.807) is 5.57 Å². The SMILES string of the molecule is COC1CNC(CN2CC=C(C(C)(C)C)CC2)C1. The van der Waals surface area contributed by atoms with Crippen LogP contribution in [0.1, 0.15) is 33.6 Å². The number of nitrogens with one attached hydrogen (secondary N) is 1. The molecular weight excluding hydrogens is 224 g/mol. The summed E-state index contributed by atoms with van der Waals surface area (Å²) >= 11 is 0. The zero-order valence-electron chi connectivity index (χ0n) is 12.3. The van der Waals surface area contributed by atoms with Crippen molar-refractivity contribution in [1.82, 2.24) is 10.2 Å². The van der Waals surface area contributed by atoms with Crippen molar-refractivity contribution in [1.29, 1.82) is 0 Å². The molecule has 2 rings (SSSR count). The summed E-state index contributed by atoms with van der Waals surface area (Å²) in [6.45, 7) is 11.4. The van der Waals surface area contributed by atoms with Crippen LogP contribution in [-0.4, -0.2) is 50.3 Å². The summed E-state index contributed by atoms with van der Waals surface area (Å²) in [4.78, 5) is 2.56. The molecule has 0 spiro atoms. The molecule has 2 aliphatic rings. The quantitative estimate of drug-likeness (QED) is 0.778. The Kier molecular flexibility index (Phi) is 4.46. The minimum Gasteiger partial charge on any atom is -0.380 e. The predicted octanol–water partition coefficient (Wildman–Crippen LogP) is 2.04. The number of rotatable bonds is 3. The monoisotopic (exact) mass is 252 g/mol. The van der Waals surface area contributed by atoms with Gasteiger partial charge in [0, 0.05) is 39.3 Å². The van der Waals surface area contributed by atoms with Crippen molar-refractivity contribution < 1.29 is 4.74 Å². The number of ether oxygens (including phenoxy) is 1. The van der Waals surface area contributed by atoms with Crippen LogP contribution in [0.5, 0.6) is 0 Å². The van der Waals surface area contributed by atoms with Crippen LogP contribution in [0.25, 0.3) is 0 Å². The number of hydrogen-bond donors (Lipinski definition) is 1. The Balaban J connectivity index is 1.79. The Bertz CT molecular complexity index is 306. The molecule has 0 aliphatic carbocycles. The first kappa shape index (κ1) is 14.0. The predicted molar refractivity (Wildman–Crippen MR) is 75.8 cm³/mol. The van der Waals surface area contributed by atoms with Crippen molar-refractivity contribution >= 4 is 0 Å². The molecule has 0 aromatic rings. The molecule has 2 aliphatic heterocycles. The van der Waals surface area contributed by atoms with E-state index in [0.29, 0.717) is 17.6 Å². The van der Waals surface area contributed by atoms with Crippen molar-refractivity contribution in [2.45, 2.75) is 45.8 Å². The fraction of sp³-hybridized carbons (Fsp3) is 0.867. The standard InChI is InChI=1S/C15H28N2O/c1-15(2,3)12-5-7-17(8-6-12)11-13-9-14(18-4)10-16-13/h5,13-14,16H,6-11H2,1-4H3. The average Bonchev–Trinajstić information content (AvgIpc) is 2.76. The maximum absolute atomic E-state index is 5.40. The topological polar surface area (TPSA) is 24.5 Å². The van der Waals surface area contributed by atoms with Gasteiger partial charge in [-0.1, -0.05) is 32.4 Å². The molecule has 3 nitrogen and oxygen atoms in total. The Labute approximate surface area is 112 Å². The average molecular weight is 252 g/mol. The fourth-order valence-electron chi connectivity index (χ4n) is 2.97. The van der Waals surface area contributed by atoms with Crippen molar-refractivity contribution in [3.05, 3.63) is 11.6 Å². The van der Waals surface area contributed by atoms with Crippen LogP contribution in [0.4, 0.5) is 0 Å². The zero-order chi connectivity index (χ0) is 13.2.